The number of carbonyl (C=O) groups is 1. The first kappa shape index (κ1) is 25.3. The number of nitrogens with one attached hydrogen (secondary N) is 1. The molecule has 9 nitrogen and oxygen atoms in total. The minimum absolute atomic E-state index is 0.325. The summed E-state index contributed by atoms with van der Waals surface area (Å²) in [6, 6.07) is 18.0. The molecule has 0 radical (unpaired) electrons. The predicted octanol–water partition coefficient (Wildman–Crippen LogP) is 4.99. The van der Waals surface area contributed by atoms with Gasteiger partial charge >= 0.3 is 0 Å². The van der Waals surface area contributed by atoms with Crippen LogP contribution in [0.5, 0.6) is 23.0 Å². The summed E-state index contributed by atoms with van der Waals surface area (Å²) < 4.78 is 17.7. The molecule has 0 unspecified atom stereocenters. The molecule has 3 N–H and O–H groups in total. The number of primary amides is 1. The summed E-state index contributed by atoms with van der Waals surface area (Å²) in [5.74, 6) is 2.93. The van der Waals surface area contributed by atoms with Gasteiger partial charge in [0.05, 0.1) is 24.8 Å². The average molecular weight is 514 g/mol. The third-order valence-electron chi connectivity index (χ3n) is 6.73. The molecule has 38 heavy (non-hydrogen) atoms. The van der Waals surface area contributed by atoms with Crippen molar-refractivity contribution in [3.63, 3.8) is 0 Å². The molecular formula is C29H31N5O4. The quantitative estimate of drug-likeness (QED) is 0.322. The van der Waals surface area contributed by atoms with Crippen LogP contribution in [-0.4, -0.2) is 54.6 Å². The van der Waals surface area contributed by atoms with E-state index < -0.39 is 5.91 Å². The van der Waals surface area contributed by atoms with E-state index in [0.717, 1.165) is 42.5 Å². The lowest BCUT2D eigenvalue weighted by Gasteiger charge is -2.28. The molecule has 9 heteroatoms. The lowest BCUT2D eigenvalue weighted by Crippen LogP contribution is -2.32. The smallest absolute Gasteiger partial charge is 0.252 e. The number of hydrogen-bond acceptors (Lipinski definition) is 8. The van der Waals surface area contributed by atoms with E-state index in [2.05, 4.69) is 27.2 Å². The molecule has 1 aliphatic rings. The first-order valence-corrected chi connectivity index (χ1v) is 12.6. The number of amides is 1. The van der Waals surface area contributed by atoms with Crippen LogP contribution in [0.15, 0.2) is 67.0 Å². The summed E-state index contributed by atoms with van der Waals surface area (Å²) in [4.78, 5) is 22.9. The molecule has 2 heterocycles. The number of anilines is 2. The minimum Gasteiger partial charge on any atom is -0.493 e. The van der Waals surface area contributed by atoms with Crippen molar-refractivity contribution in [2.45, 2.75) is 12.8 Å². The fourth-order valence-electron chi connectivity index (χ4n) is 4.50. The summed E-state index contributed by atoms with van der Waals surface area (Å²) in [7, 11) is 3.79. The molecule has 5 rings (SSSR count). The van der Waals surface area contributed by atoms with E-state index in [1.807, 2.05) is 24.3 Å². The third-order valence-corrected chi connectivity index (χ3v) is 6.73. The maximum atomic E-state index is 11.7. The van der Waals surface area contributed by atoms with Crippen LogP contribution in [0.1, 0.15) is 23.2 Å². The second-order valence-electron chi connectivity index (χ2n) is 9.41. The first-order valence-electron chi connectivity index (χ1n) is 12.6. The van der Waals surface area contributed by atoms with Crippen molar-refractivity contribution in [3.05, 3.63) is 72.6 Å². The molecule has 0 aliphatic carbocycles. The minimum atomic E-state index is -0.541. The van der Waals surface area contributed by atoms with Gasteiger partial charge in [0.25, 0.3) is 5.91 Å². The number of hydrogen-bond donors (Lipinski definition) is 2. The maximum Gasteiger partial charge on any atom is 0.252 e. The molecule has 1 saturated heterocycles. The Morgan fingerprint density at radius 1 is 1.03 bits per heavy atom. The average Bonchev–Trinajstić information content (AvgIpc) is 2.93. The number of rotatable bonds is 9. The molecule has 4 aromatic rings. The molecular weight excluding hydrogens is 482 g/mol. The van der Waals surface area contributed by atoms with Crippen LogP contribution in [0.3, 0.4) is 0 Å². The fraction of sp³-hybridized carbons (Fsp3) is 0.276. The number of nitrogens with two attached hydrogens (primary N) is 1. The van der Waals surface area contributed by atoms with E-state index in [9.17, 15) is 4.79 Å². The summed E-state index contributed by atoms with van der Waals surface area (Å²) in [5, 5.41) is 4.16. The van der Waals surface area contributed by atoms with E-state index in [-0.39, 0.29) is 0 Å². The van der Waals surface area contributed by atoms with E-state index in [0.29, 0.717) is 46.9 Å². The van der Waals surface area contributed by atoms with E-state index >= 15 is 0 Å². The van der Waals surface area contributed by atoms with Gasteiger partial charge in [0, 0.05) is 17.1 Å². The third kappa shape index (κ3) is 5.78. The molecule has 1 aliphatic heterocycles. The SMILES string of the molecule is COc1cc2c(Nc3ccc(Oc4ccccc4C(N)=O)cc3)ncnc2cc1OCC1CCN(C)CC1. The zero-order valence-corrected chi connectivity index (χ0v) is 21.5. The first-order chi connectivity index (χ1) is 18.5. The van der Waals surface area contributed by atoms with E-state index in [1.165, 1.54) is 6.33 Å². The Bertz CT molecular complexity index is 1420. The predicted molar refractivity (Wildman–Crippen MR) is 147 cm³/mol. The van der Waals surface area contributed by atoms with Gasteiger partial charge in [0.1, 0.15) is 23.6 Å². The van der Waals surface area contributed by atoms with E-state index in [1.54, 1.807) is 43.5 Å². The molecule has 3 aromatic carbocycles. The fourth-order valence-corrected chi connectivity index (χ4v) is 4.50. The van der Waals surface area contributed by atoms with Crippen molar-refractivity contribution in [3.8, 4) is 23.0 Å². The van der Waals surface area contributed by atoms with Crippen molar-refractivity contribution >= 4 is 28.3 Å². The number of carbonyl (C=O) groups excluding carboxylic acids is 1. The van der Waals surface area contributed by atoms with Gasteiger partial charge < -0.3 is 30.2 Å². The normalized spacial score (nSPS) is 14.3. The lowest BCUT2D eigenvalue weighted by atomic mass is 9.98. The molecule has 0 bridgehead atoms. The van der Waals surface area contributed by atoms with Crippen LogP contribution >= 0.6 is 0 Å². The molecule has 0 saturated carbocycles. The number of para-hydroxylation sites is 1. The Hall–Kier alpha value is -4.37. The number of fused-ring (bicyclic) bond motifs is 1. The lowest BCUT2D eigenvalue weighted by molar-refractivity contribution is 0.0998. The highest BCUT2D eigenvalue weighted by Crippen LogP contribution is 2.36. The van der Waals surface area contributed by atoms with Crippen LogP contribution in [0.4, 0.5) is 11.5 Å². The number of piperidine rings is 1. The molecule has 1 fully saturated rings. The summed E-state index contributed by atoms with van der Waals surface area (Å²) in [6.07, 6.45) is 3.78. The highest BCUT2D eigenvalue weighted by Gasteiger charge is 2.19. The largest absolute Gasteiger partial charge is 0.493 e. The van der Waals surface area contributed by atoms with Gasteiger partial charge in [-0.25, -0.2) is 9.97 Å². The van der Waals surface area contributed by atoms with Gasteiger partial charge in [0.2, 0.25) is 0 Å². The Labute approximate surface area is 221 Å². The Balaban J connectivity index is 1.31. The van der Waals surface area contributed by atoms with Crippen molar-refractivity contribution < 1.29 is 19.0 Å². The number of nitrogens with zero attached hydrogens (tertiary/aromatic N) is 3. The highest BCUT2D eigenvalue weighted by molar-refractivity contribution is 5.95. The zero-order valence-electron chi connectivity index (χ0n) is 21.5. The van der Waals surface area contributed by atoms with Crippen LogP contribution in [0.25, 0.3) is 10.9 Å². The van der Waals surface area contributed by atoms with Crippen molar-refractivity contribution in [1.82, 2.24) is 14.9 Å². The van der Waals surface area contributed by atoms with Gasteiger partial charge in [-0.2, -0.15) is 0 Å². The van der Waals surface area contributed by atoms with Crippen molar-refractivity contribution in [2.75, 3.05) is 39.2 Å². The standard InChI is InChI=1S/C29H31N5O4/c1-34-13-11-19(12-14-34)17-37-27-16-24-23(15-26(27)36-2)29(32-18-31-24)33-20-7-9-21(10-8-20)38-25-6-4-3-5-22(25)28(30)35/h3-10,15-16,18-19H,11-14,17H2,1-2H3,(H2,30,35)(H,31,32,33). The van der Waals surface area contributed by atoms with Crippen LogP contribution in [0, 0.1) is 5.92 Å². The second-order valence-corrected chi connectivity index (χ2v) is 9.41. The molecule has 1 aromatic heterocycles. The molecule has 0 atom stereocenters. The van der Waals surface area contributed by atoms with Gasteiger partial charge in [-0.3, -0.25) is 4.79 Å². The van der Waals surface area contributed by atoms with Crippen molar-refractivity contribution in [2.24, 2.45) is 11.7 Å². The van der Waals surface area contributed by atoms with Crippen LogP contribution < -0.4 is 25.3 Å². The zero-order chi connectivity index (χ0) is 26.5. The summed E-state index contributed by atoms with van der Waals surface area (Å²) in [5.41, 5.74) is 7.34. The number of ether oxygens (including phenoxy) is 3. The van der Waals surface area contributed by atoms with Crippen molar-refractivity contribution in [1.29, 1.82) is 0 Å². The number of aromatic nitrogens is 2. The van der Waals surface area contributed by atoms with Crippen LogP contribution in [0.2, 0.25) is 0 Å². The Morgan fingerprint density at radius 3 is 2.53 bits per heavy atom. The second kappa shape index (κ2) is 11.4. The Morgan fingerprint density at radius 2 is 1.79 bits per heavy atom. The topological polar surface area (TPSA) is 112 Å². The molecule has 196 valence electrons. The van der Waals surface area contributed by atoms with Gasteiger partial charge in [0.15, 0.2) is 11.5 Å². The van der Waals surface area contributed by atoms with Gasteiger partial charge in [-0.05, 0) is 81.4 Å². The van der Waals surface area contributed by atoms with Gasteiger partial charge in [-0.1, -0.05) is 12.1 Å². The maximum absolute atomic E-state index is 11.7. The monoisotopic (exact) mass is 513 g/mol. The molecule has 1 amide bonds. The van der Waals surface area contributed by atoms with E-state index in [4.69, 9.17) is 19.9 Å². The summed E-state index contributed by atoms with van der Waals surface area (Å²) >= 11 is 0. The summed E-state index contributed by atoms with van der Waals surface area (Å²) in [6.45, 7) is 2.85. The number of methoxy groups -OCH3 is 1. The highest BCUT2D eigenvalue weighted by atomic mass is 16.5. The molecule has 0 spiro atoms. The number of benzene rings is 3. The van der Waals surface area contributed by atoms with Gasteiger partial charge in [-0.15, -0.1) is 0 Å². The Kier molecular flexibility index (Phi) is 7.55. The van der Waals surface area contributed by atoms with Crippen LogP contribution in [-0.2, 0) is 0 Å². The number of likely N-dealkylation sites (tertiary alicyclic amines) is 1.